The molecule has 1 rings (SSSR count). The Hall–Kier alpha value is -0.820. The van der Waals surface area contributed by atoms with Crippen LogP contribution in [0.25, 0.3) is 0 Å². The van der Waals surface area contributed by atoms with Crippen LogP contribution in [0.3, 0.4) is 0 Å². The quantitative estimate of drug-likeness (QED) is 0.762. The molecule has 0 atom stereocenters. The van der Waals surface area contributed by atoms with Crippen molar-refractivity contribution in [2.24, 2.45) is 0 Å². The Labute approximate surface area is 106 Å². The summed E-state index contributed by atoms with van der Waals surface area (Å²) in [7, 11) is 0. The maximum Gasteiger partial charge on any atom is 0.130 e. The Kier molecular flexibility index (Phi) is 5.54. The Balaban J connectivity index is 2.67. The SMILES string of the molecule is CCN(CCC#N)Cc1cnc(Cl)cc1Cl. The van der Waals surface area contributed by atoms with Gasteiger partial charge >= 0.3 is 0 Å². The number of nitriles is 1. The van der Waals surface area contributed by atoms with Crippen LogP contribution in [-0.4, -0.2) is 23.0 Å². The number of halogens is 2. The van der Waals surface area contributed by atoms with Crippen LogP contribution < -0.4 is 0 Å². The Morgan fingerprint density at radius 2 is 2.25 bits per heavy atom. The number of aromatic nitrogens is 1. The standard InChI is InChI=1S/C11H13Cl2N3/c1-2-16(5-3-4-14)8-9-7-15-11(13)6-10(9)12/h6-7H,2-3,5,8H2,1H3. The lowest BCUT2D eigenvalue weighted by molar-refractivity contribution is 0.286. The highest BCUT2D eigenvalue weighted by atomic mass is 35.5. The van der Waals surface area contributed by atoms with Crippen LogP contribution in [-0.2, 0) is 6.54 Å². The molecule has 3 nitrogen and oxygen atoms in total. The zero-order valence-electron chi connectivity index (χ0n) is 9.08. The van der Waals surface area contributed by atoms with Crippen LogP contribution in [0.5, 0.6) is 0 Å². The number of hydrogen-bond donors (Lipinski definition) is 0. The summed E-state index contributed by atoms with van der Waals surface area (Å²) in [6, 6.07) is 3.77. The van der Waals surface area contributed by atoms with Gasteiger partial charge in [-0.05, 0) is 12.6 Å². The van der Waals surface area contributed by atoms with Crippen LogP contribution in [0, 0.1) is 11.3 Å². The van der Waals surface area contributed by atoms with Crippen molar-refractivity contribution in [1.82, 2.24) is 9.88 Å². The summed E-state index contributed by atoms with van der Waals surface area (Å²) in [5, 5.41) is 9.55. The van der Waals surface area contributed by atoms with Gasteiger partial charge < -0.3 is 0 Å². The van der Waals surface area contributed by atoms with Crippen LogP contribution in [0.4, 0.5) is 0 Å². The molecule has 0 unspecified atom stereocenters. The fraction of sp³-hybridized carbons (Fsp3) is 0.455. The van der Waals surface area contributed by atoms with Gasteiger partial charge in [0.15, 0.2) is 0 Å². The molecule has 0 fully saturated rings. The Morgan fingerprint density at radius 3 is 2.81 bits per heavy atom. The highest BCUT2D eigenvalue weighted by Gasteiger charge is 2.07. The molecule has 0 bridgehead atoms. The lowest BCUT2D eigenvalue weighted by Crippen LogP contribution is -2.24. The van der Waals surface area contributed by atoms with Crippen LogP contribution in [0.2, 0.25) is 10.2 Å². The minimum atomic E-state index is 0.397. The average molecular weight is 258 g/mol. The van der Waals surface area contributed by atoms with Gasteiger partial charge in [0.25, 0.3) is 0 Å². The van der Waals surface area contributed by atoms with Gasteiger partial charge in [-0.1, -0.05) is 30.1 Å². The van der Waals surface area contributed by atoms with E-state index in [0.717, 1.165) is 18.7 Å². The highest BCUT2D eigenvalue weighted by molar-refractivity contribution is 6.34. The van der Waals surface area contributed by atoms with Gasteiger partial charge in [0, 0.05) is 36.3 Å². The molecule has 0 saturated heterocycles. The van der Waals surface area contributed by atoms with Crippen molar-refractivity contribution in [3.05, 3.63) is 28.0 Å². The normalized spacial score (nSPS) is 10.4. The predicted molar refractivity (Wildman–Crippen MR) is 65.4 cm³/mol. The maximum absolute atomic E-state index is 8.54. The van der Waals surface area contributed by atoms with Crippen molar-refractivity contribution in [2.75, 3.05) is 13.1 Å². The molecule has 0 radical (unpaired) electrons. The summed E-state index contributed by atoms with van der Waals surface area (Å²) in [6.07, 6.45) is 2.20. The van der Waals surface area contributed by atoms with E-state index in [-0.39, 0.29) is 0 Å². The zero-order chi connectivity index (χ0) is 12.0. The Bertz CT molecular complexity index is 387. The minimum absolute atomic E-state index is 0.397. The van der Waals surface area contributed by atoms with Crippen molar-refractivity contribution >= 4 is 23.2 Å². The van der Waals surface area contributed by atoms with Crippen LogP contribution in [0.15, 0.2) is 12.3 Å². The summed E-state index contributed by atoms with van der Waals surface area (Å²) < 4.78 is 0. The fourth-order valence-corrected chi connectivity index (χ4v) is 1.78. The topological polar surface area (TPSA) is 39.9 Å². The second-order valence-corrected chi connectivity index (χ2v) is 4.17. The molecule has 0 amide bonds. The van der Waals surface area contributed by atoms with Gasteiger partial charge in [0.05, 0.1) is 6.07 Å². The third kappa shape index (κ3) is 3.97. The summed E-state index contributed by atoms with van der Waals surface area (Å²) >= 11 is 11.8. The van der Waals surface area contributed by atoms with E-state index in [2.05, 4.69) is 22.9 Å². The maximum atomic E-state index is 8.54. The van der Waals surface area contributed by atoms with E-state index in [1.165, 1.54) is 0 Å². The molecule has 0 aliphatic carbocycles. The van der Waals surface area contributed by atoms with E-state index >= 15 is 0 Å². The fourth-order valence-electron chi connectivity index (χ4n) is 1.35. The zero-order valence-corrected chi connectivity index (χ0v) is 10.6. The number of hydrogen-bond acceptors (Lipinski definition) is 3. The molecular weight excluding hydrogens is 245 g/mol. The van der Waals surface area contributed by atoms with Gasteiger partial charge in [0.2, 0.25) is 0 Å². The third-order valence-electron chi connectivity index (χ3n) is 2.28. The van der Waals surface area contributed by atoms with E-state index in [1.54, 1.807) is 12.3 Å². The first-order chi connectivity index (χ1) is 7.67. The second kappa shape index (κ2) is 6.70. The van der Waals surface area contributed by atoms with Crippen molar-refractivity contribution in [2.45, 2.75) is 19.9 Å². The molecule has 0 saturated carbocycles. The van der Waals surface area contributed by atoms with Crippen molar-refractivity contribution in [1.29, 1.82) is 5.26 Å². The van der Waals surface area contributed by atoms with Gasteiger partial charge in [-0.2, -0.15) is 5.26 Å². The molecule has 1 aromatic heterocycles. The molecule has 1 heterocycles. The van der Waals surface area contributed by atoms with Crippen LogP contribution in [0.1, 0.15) is 18.9 Å². The van der Waals surface area contributed by atoms with Gasteiger partial charge in [-0.15, -0.1) is 0 Å². The Morgan fingerprint density at radius 1 is 1.50 bits per heavy atom. The number of nitrogens with zero attached hydrogens (tertiary/aromatic N) is 3. The number of pyridine rings is 1. The molecule has 0 aliphatic rings. The molecule has 0 N–H and O–H groups in total. The molecule has 0 aliphatic heterocycles. The van der Waals surface area contributed by atoms with Gasteiger partial charge in [0.1, 0.15) is 5.15 Å². The average Bonchev–Trinajstić information content (AvgIpc) is 2.27. The lowest BCUT2D eigenvalue weighted by Gasteiger charge is -2.19. The second-order valence-electron chi connectivity index (χ2n) is 3.38. The molecule has 0 aromatic carbocycles. The summed E-state index contributed by atoms with van der Waals surface area (Å²) in [6.45, 7) is 4.36. The number of rotatable bonds is 5. The summed E-state index contributed by atoms with van der Waals surface area (Å²) in [5.74, 6) is 0. The first-order valence-corrected chi connectivity index (χ1v) is 5.82. The molecule has 0 spiro atoms. The monoisotopic (exact) mass is 257 g/mol. The molecular formula is C11H13Cl2N3. The highest BCUT2D eigenvalue weighted by Crippen LogP contribution is 2.20. The molecule has 16 heavy (non-hydrogen) atoms. The van der Waals surface area contributed by atoms with E-state index < -0.39 is 0 Å². The van der Waals surface area contributed by atoms with Gasteiger partial charge in [-0.25, -0.2) is 4.98 Å². The summed E-state index contributed by atoms with van der Waals surface area (Å²) in [5.41, 5.74) is 0.936. The largest absolute Gasteiger partial charge is 0.298 e. The smallest absolute Gasteiger partial charge is 0.130 e. The van der Waals surface area contributed by atoms with Crippen molar-refractivity contribution < 1.29 is 0 Å². The molecule has 5 heteroatoms. The first kappa shape index (κ1) is 13.2. The summed E-state index contributed by atoms with van der Waals surface area (Å²) in [4.78, 5) is 6.14. The minimum Gasteiger partial charge on any atom is -0.298 e. The molecule has 1 aromatic rings. The van der Waals surface area contributed by atoms with E-state index in [0.29, 0.717) is 23.1 Å². The van der Waals surface area contributed by atoms with Crippen LogP contribution >= 0.6 is 23.2 Å². The van der Waals surface area contributed by atoms with Gasteiger partial charge in [-0.3, -0.25) is 4.90 Å². The van der Waals surface area contributed by atoms with E-state index in [9.17, 15) is 0 Å². The molecule has 86 valence electrons. The third-order valence-corrected chi connectivity index (χ3v) is 2.84. The van der Waals surface area contributed by atoms with Crippen molar-refractivity contribution in [3.63, 3.8) is 0 Å². The van der Waals surface area contributed by atoms with Crippen molar-refractivity contribution in [3.8, 4) is 6.07 Å². The predicted octanol–water partition coefficient (Wildman–Crippen LogP) is 3.12. The lowest BCUT2D eigenvalue weighted by atomic mass is 10.2. The van der Waals surface area contributed by atoms with E-state index in [1.807, 2.05) is 0 Å². The van der Waals surface area contributed by atoms with E-state index in [4.69, 9.17) is 28.5 Å². The first-order valence-electron chi connectivity index (χ1n) is 5.06.